The summed E-state index contributed by atoms with van der Waals surface area (Å²) in [7, 11) is 0. The van der Waals surface area contributed by atoms with E-state index in [1.165, 1.54) is 36.8 Å². The fourth-order valence-electron chi connectivity index (χ4n) is 3.84. The first-order valence-electron chi connectivity index (χ1n) is 9.40. The average molecular weight is 323 g/mol. The fourth-order valence-corrected chi connectivity index (χ4v) is 3.84. The molecule has 0 aromatic heterocycles. The number of aliphatic hydroxyl groups is 1. The van der Waals surface area contributed by atoms with Crippen molar-refractivity contribution in [2.24, 2.45) is 0 Å². The molecule has 2 heteroatoms. The van der Waals surface area contributed by atoms with E-state index >= 15 is 0 Å². The minimum Gasteiger partial charge on any atom is -0.380 e. The average Bonchev–Trinajstić information content (AvgIpc) is 2.88. The lowest BCUT2D eigenvalue weighted by atomic mass is 9.87. The van der Waals surface area contributed by atoms with Crippen LogP contribution in [0.25, 0.3) is 11.1 Å². The second kappa shape index (κ2) is 7.96. The maximum Gasteiger partial charge on any atom is 0.116 e. The molecule has 1 aliphatic rings. The van der Waals surface area contributed by atoms with Gasteiger partial charge in [-0.15, -0.1) is 0 Å². The summed E-state index contributed by atoms with van der Waals surface area (Å²) in [6.45, 7) is 4.30. The van der Waals surface area contributed by atoms with Crippen molar-refractivity contribution in [3.8, 4) is 11.1 Å². The van der Waals surface area contributed by atoms with Crippen LogP contribution < -0.4 is 5.32 Å². The number of benzene rings is 2. The van der Waals surface area contributed by atoms with Crippen LogP contribution in [0.3, 0.4) is 0 Å². The Morgan fingerprint density at radius 3 is 2.00 bits per heavy atom. The van der Waals surface area contributed by atoms with Crippen LogP contribution in [0.4, 0.5) is 0 Å². The first-order valence-corrected chi connectivity index (χ1v) is 9.40. The zero-order chi connectivity index (χ0) is 16.8. The van der Waals surface area contributed by atoms with Gasteiger partial charge < -0.3 is 10.4 Å². The highest BCUT2D eigenvalue weighted by atomic mass is 16.3. The van der Waals surface area contributed by atoms with E-state index < -0.39 is 5.60 Å². The molecule has 2 N–H and O–H groups in total. The minimum absolute atomic E-state index is 0.767. The maximum absolute atomic E-state index is 11.4. The van der Waals surface area contributed by atoms with Gasteiger partial charge in [-0.3, -0.25) is 0 Å². The number of unbranched alkanes of at least 4 members (excludes halogenated alkanes) is 3. The molecule has 2 aromatic carbocycles. The Morgan fingerprint density at radius 2 is 1.38 bits per heavy atom. The molecule has 0 spiro atoms. The Kier molecular flexibility index (Phi) is 5.70. The van der Waals surface area contributed by atoms with Gasteiger partial charge >= 0.3 is 0 Å². The summed E-state index contributed by atoms with van der Waals surface area (Å²) in [5.74, 6) is 0. The maximum atomic E-state index is 11.4. The smallest absolute Gasteiger partial charge is 0.116 e. The van der Waals surface area contributed by atoms with Gasteiger partial charge in [0.1, 0.15) is 5.60 Å². The third-order valence-corrected chi connectivity index (χ3v) is 5.13. The molecule has 3 rings (SSSR count). The predicted molar refractivity (Wildman–Crippen MR) is 101 cm³/mol. The molecule has 0 aliphatic heterocycles. The van der Waals surface area contributed by atoms with Crippen molar-refractivity contribution in [3.05, 3.63) is 59.7 Å². The van der Waals surface area contributed by atoms with Gasteiger partial charge in [-0.05, 0) is 54.6 Å². The summed E-state index contributed by atoms with van der Waals surface area (Å²) in [5, 5.41) is 15.0. The van der Waals surface area contributed by atoms with Crippen molar-refractivity contribution in [2.45, 2.75) is 51.0 Å². The highest BCUT2D eigenvalue weighted by Gasteiger charge is 2.40. The van der Waals surface area contributed by atoms with Gasteiger partial charge in [0.15, 0.2) is 0 Å². The largest absolute Gasteiger partial charge is 0.380 e. The lowest BCUT2D eigenvalue weighted by molar-refractivity contribution is 0.0735. The quantitative estimate of drug-likeness (QED) is 0.646. The molecule has 0 bridgehead atoms. The Hall–Kier alpha value is -1.64. The summed E-state index contributed by atoms with van der Waals surface area (Å²) in [6, 6.07) is 16.6. The second-order valence-corrected chi connectivity index (χ2v) is 6.87. The standard InChI is InChI=1S/C22H29NO/c1-2-3-4-9-16-23-17-10-15-22(24)20-13-7-5-11-18(20)19-12-6-8-14-21(19)22/h5-8,11-14,23-24H,2-4,9-10,15-17H2,1H3. The predicted octanol–water partition coefficient (Wildman–Crippen LogP) is 4.85. The number of rotatable bonds is 9. The number of hydrogen-bond donors (Lipinski definition) is 2. The molecule has 0 atom stereocenters. The first-order chi connectivity index (χ1) is 11.8. The van der Waals surface area contributed by atoms with Crippen LogP contribution in [0, 0.1) is 0 Å². The molecule has 0 radical (unpaired) electrons. The lowest BCUT2D eigenvalue weighted by Crippen LogP contribution is -2.27. The highest BCUT2D eigenvalue weighted by Crippen LogP contribution is 2.49. The molecule has 0 saturated heterocycles. The summed E-state index contributed by atoms with van der Waals surface area (Å²) < 4.78 is 0. The Labute approximate surface area is 145 Å². The van der Waals surface area contributed by atoms with Crippen LogP contribution in [0.5, 0.6) is 0 Å². The minimum atomic E-state index is -0.836. The topological polar surface area (TPSA) is 32.3 Å². The number of nitrogens with one attached hydrogen (secondary N) is 1. The van der Waals surface area contributed by atoms with Crippen LogP contribution in [-0.2, 0) is 5.60 Å². The van der Waals surface area contributed by atoms with Crippen LogP contribution in [-0.4, -0.2) is 18.2 Å². The van der Waals surface area contributed by atoms with E-state index in [1.54, 1.807) is 0 Å². The molecular weight excluding hydrogens is 294 g/mol. The summed E-state index contributed by atoms with van der Waals surface area (Å²) in [5.41, 5.74) is 3.66. The van der Waals surface area contributed by atoms with Crippen molar-refractivity contribution < 1.29 is 5.11 Å². The third-order valence-electron chi connectivity index (χ3n) is 5.13. The monoisotopic (exact) mass is 323 g/mol. The van der Waals surface area contributed by atoms with E-state index in [4.69, 9.17) is 0 Å². The molecule has 2 nitrogen and oxygen atoms in total. The van der Waals surface area contributed by atoms with Gasteiger partial charge in [0.05, 0.1) is 0 Å². The number of hydrogen-bond acceptors (Lipinski definition) is 2. The van der Waals surface area contributed by atoms with Gasteiger partial charge in [0.2, 0.25) is 0 Å². The second-order valence-electron chi connectivity index (χ2n) is 6.87. The van der Waals surface area contributed by atoms with Crippen LogP contribution in [0.15, 0.2) is 48.5 Å². The Bertz CT molecular complexity index is 619. The molecule has 24 heavy (non-hydrogen) atoms. The molecule has 0 unspecified atom stereocenters. The van der Waals surface area contributed by atoms with E-state index in [0.29, 0.717) is 0 Å². The lowest BCUT2D eigenvalue weighted by Gasteiger charge is -2.26. The molecule has 2 aromatic rings. The summed E-state index contributed by atoms with van der Waals surface area (Å²) >= 11 is 0. The van der Waals surface area contributed by atoms with E-state index in [1.807, 2.05) is 12.1 Å². The molecule has 0 fully saturated rings. The van der Waals surface area contributed by atoms with E-state index in [0.717, 1.165) is 37.1 Å². The summed E-state index contributed by atoms with van der Waals surface area (Å²) in [4.78, 5) is 0. The highest BCUT2D eigenvalue weighted by molar-refractivity contribution is 5.79. The SMILES string of the molecule is CCCCCCNCCCC1(O)c2ccccc2-c2ccccc21. The Balaban J connectivity index is 1.61. The van der Waals surface area contributed by atoms with E-state index in [9.17, 15) is 5.11 Å². The normalized spacial score (nSPS) is 14.4. The van der Waals surface area contributed by atoms with Crippen LogP contribution >= 0.6 is 0 Å². The zero-order valence-corrected chi connectivity index (χ0v) is 14.7. The fraction of sp³-hybridized carbons (Fsp3) is 0.455. The zero-order valence-electron chi connectivity index (χ0n) is 14.7. The Morgan fingerprint density at radius 1 is 0.792 bits per heavy atom. The van der Waals surface area contributed by atoms with Crippen molar-refractivity contribution >= 4 is 0 Å². The third kappa shape index (κ3) is 3.40. The first kappa shape index (κ1) is 17.2. The molecule has 0 saturated carbocycles. The molecular formula is C22H29NO. The van der Waals surface area contributed by atoms with Gasteiger partial charge in [-0.2, -0.15) is 0 Å². The van der Waals surface area contributed by atoms with E-state index in [2.05, 4.69) is 48.6 Å². The van der Waals surface area contributed by atoms with Crippen molar-refractivity contribution in [1.29, 1.82) is 0 Å². The molecule has 0 amide bonds. The van der Waals surface area contributed by atoms with Crippen molar-refractivity contribution in [2.75, 3.05) is 13.1 Å². The van der Waals surface area contributed by atoms with Gasteiger partial charge in [0.25, 0.3) is 0 Å². The van der Waals surface area contributed by atoms with Crippen molar-refractivity contribution in [1.82, 2.24) is 5.32 Å². The number of fused-ring (bicyclic) bond motifs is 3. The summed E-state index contributed by atoms with van der Waals surface area (Å²) in [6.07, 6.45) is 6.93. The molecule has 0 heterocycles. The molecule has 1 aliphatic carbocycles. The molecule has 128 valence electrons. The van der Waals surface area contributed by atoms with Gasteiger partial charge in [0, 0.05) is 0 Å². The van der Waals surface area contributed by atoms with Crippen molar-refractivity contribution in [3.63, 3.8) is 0 Å². The van der Waals surface area contributed by atoms with E-state index in [-0.39, 0.29) is 0 Å². The van der Waals surface area contributed by atoms with Gasteiger partial charge in [-0.25, -0.2) is 0 Å². The van der Waals surface area contributed by atoms with Crippen LogP contribution in [0.2, 0.25) is 0 Å². The van der Waals surface area contributed by atoms with Crippen LogP contribution in [0.1, 0.15) is 56.6 Å². The van der Waals surface area contributed by atoms with Gasteiger partial charge in [-0.1, -0.05) is 74.7 Å².